The topological polar surface area (TPSA) is 114 Å². The number of carbonyl (C=O) groups excluding carboxylic acids is 2. The highest BCUT2D eigenvalue weighted by atomic mass is 16.6. The van der Waals surface area contributed by atoms with E-state index in [0.717, 1.165) is 22.3 Å². The van der Waals surface area contributed by atoms with Gasteiger partial charge >= 0.3 is 18.2 Å². The molecule has 0 bridgehead atoms. The van der Waals surface area contributed by atoms with Gasteiger partial charge in [0.2, 0.25) is 0 Å². The Labute approximate surface area is 211 Å². The van der Waals surface area contributed by atoms with Crippen molar-refractivity contribution in [2.75, 3.05) is 6.61 Å². The molecule has 0 aliphatic heterocycles. The number of carbonyl (C=O) groups is 3. The quantitative estimate of drug-likeness (QED) is 0.492. The highest BCUT2D eigenvalue weighted by Gasteiger charge is 2.43. The summed E-state index contributed by atoms with van der Waals surface area (Å²) in [6, 6.07) is 16.0. The van der Waals surface area contributed by atoms with Crippen molar-refractivity contribution in [3.8, 4) is 11.1 Å². The van der Waals surface area contributed by atoms with Gasteiger partial charge in [0.05, 0.1) is 0 Å². The number of nitrogens with one attached hydrogen (secondary N) is 2. The molecule has 2 unspecified atom stereocenters. The van der Waals surface area contributed by atoms with Gasteiger partial charge in [-0.05, 0) is 75.1 Å². The maximum Gasteiger partial charge on any atom is 0.408 e. The van der Waals surface area contributed by atoms with Crippen molar-refractivity contribution in [1.82, 2.24) is 10.6 Å². The summed E-state index contributed by atoms with van der Waals surface area (Å²) in [5.74, 6) is -1.13. The van der Waals surface area contributed by atoms with E-state index in [1.165, 1.54) is 0 Å². The van der Waals surface area contributed by atoms with Crippen LogP contribution in [0.25, 0.3) is 11.1 Å². The van der Waals surface area contributed by atoms with Crippen LogP contribution >= 0.6 is 0 Å². The smallest absolute Gasteiger partial charge is 0.408 e. The number of carboxylic acids is 1. The largest absolute Gasteiger partial charge is 0.480 e. The van der Waals surface area contributed by atoms with Gasteiger partial charge in [-0.15, -0.1) is 0 Å². The Morgan fingerprint density at radius 1 is 0.944 bits per heavy atom. The van der Waals surface area contributed by atoms with E-state index in [0.29, 0.717) is 19.3 Å². The van der Waals surface area contributed by atoms with E-state index < -0.39 is 29.3 Å². The summed E-state index contributed by atoms with van der Waals surface area (Å²) in [6.45, 7) is 5.39. The molecule has 4 rings (SSSR count). The van der Waals surface area contributed by atoms with Crippen LogP contribution in [0, 0.1) is 0 Å². The van der Waals surface area contributed by atoms with Crippen molar-refractivity contribution in [3.63, 3.8) is 0 Å². The molecule has 2 aliphatic rings. The van der Waals surface area contributed by atoms with E-state index in [-0.39, 0.29) is 31.4 Å². The normalized spacial score (nSPS) is 21.5. The highest BCUT2D eigenvalue weighted by Crippen LogP contribution is 2.44. The molecule has 192 valence electrons. The fraction of sp³-hybridized carbons (Fsp3) is 0.464. The number of aliphatic carboxylic acids is 1. The zero-order chi connectivity index (χ0) is 25.9. The standard InChI is InChI=1S/C28H34N2O6/c1-27(2,3)36-26(34)30-28(24(31)32)15-8-9-18(14-16-28)29-25(33)35-17-23-21-12-6-4-10-19(21)20-11-5-7-13-22(20)23/h4-7,10-13,18,23H,8-9,14-17H2,1-3H3,(H,29,33)(H,30,34)(H,31,32). The van der Waals surface area contributed by atoms with E-state index in [2.05, 4.69) is 34.9 Å². The molecular weight excluding hydrogens is 460 g/mol. The van der Waals surface area contributed by atoms with Crippen molar-refractivity contribution < 1.29 is 29.0 Å². The van der Waals surface area contributed by atoms with Gasteiger partial charge in [-0.25, -0.2) is 14.4 Å². The van der Waals surface area contributed by atoms with Crippen LogP contribution in [-0.2, 0) is 14.3 Å². The van der Waals surface area contributed by atoms with E-state index in [4.69, 9.17) is 9.47 Å². The Morgan fingerprint density at radius 2 is 1.56 bits per heavy atom. The lowest BCUT2D eigenvalue weighted by molar-refractivity contribution is -0.145. The van der Waals surface area contributed by atoms with Crippen molar-refractivity contribution in [3.05, 3.63) is 59.7 Å². The first-order chi connectivity index (χ1) is 17.1. The minimum Gasteiger partial charge on any atom is -0.480 e. The number of hydrogen-bond donors (Lipinski definition) is 3. The highest BCUT2D eigenvalue weighted by molar-refractivity contribution is 5.84. The second-order valence-electron chi connectivity index (χ2n) is 10.6. The number of carboxylic acid groups (broad SMARTS) is 1. The van der Waals surface area contributed by atoms with Gasteiger partial charge in [0.1, 0.15) is 17.7 Å². The molecule has 0 radical (unpaired) electrons. The first-order valence-corrected chi connectivity index (χ1v) is 12.4. The number of benzene rings is 2. The minimum absolute atomic E-state index is 0.0324. The number of rotatable bonds is 5. The lowest BCUT2D eigenvalue weighted by atomic mass is 9.90. The molecule has 2 atom stereocenters. The van der Waals surface area contributed by atoms with Crippen LogP contribution in [0.1, 0.15) is 69.9 Å². The predicted octanol–water partition coefficient (Wildman–Crippen LogP) is 5.21. The Kier molecular flexibility index (Phi) is 7.24. The van der Waals surface area contributed by atoms with Crippen LogP contribution in [0.4, 0.5) is 9.59 Å². The van der Waals surface area contributed by atoms with Crippen LogP contribution < -0.4 is 10.6 Å². The predicted molar refractivity (Wildman–Crippen MR) is 135 cm³/mol. The lowest BCUT2D eigenvalue weighted by Crippen LogP contribution is -2.55. The minimum atomic E-state index is -1.43. The SMILES string of the molecule is CC(C)(C)OC(=O)NC1(C(=O)O)CCCC(NC(=O)OCC2c3ccccc3-c3ccccc32)CC1. The summed E-state index contributed by atoms with van der Waals surface area (Å²) < 4.78 is 10.9. The molecule has 2 amide bonds. The van der Waals surface area contributed by atoms with Gasteiger partial charge in [0.15, 0.2) is 0 Å². The number of fused-ring (bicyclic) bond motifs is 3. The number of hydrogen-bond acceptors (Lipinski definition) is 5. The first-order valence-electron chi connectivity index (χ1n) is 12.4. The fourth-order valence-corrected chi connectivity index (χ4v) is 5.18. The second-order valence-corrected chi connectivity index (χ2v) is 10.6. The summed E-state index contributed by atoms with van der Waals surface area (Å²) in [6.07, 6.45) is 0.663. The van der Waals surface area contributed by atoms with E-state index in [1.807, 2.05) is 24.3 Å². The molecule has 0 saturated heterocycles. The van der Waals surface area contributed by atoms with Crippen LogP contribution in [0.3, 0.4) is 0 Å². The molecule has 8 heteroatoms. The summed E-state index contributed by atoms with van der Waals surface area (Å²) in [7, 11) is 0. The molecule has 2 aliphatic carbocycles. The summed E-state index contributed by atoms with van der Waals surface area (Å²) >= 11 is 0. The van der Waals surface area contributed by atoms with E-state index in [1.54, 1.807) is 20.8 Å². The van der Waals surface area contributed by atoms with Crippen molar-refractivity contribution >= 4 is 18.2 Å². The molecular formula is C28H34N2O6. The molecule has 8 nitrogen and oxygen atoms in total. The number of ether oxygens (including phenoxy) is 2. The maximum atomic E-state index is 12.7. The summed E-state index contributed by atoms with van der Waals surface area (Å²) in [5, 5.41) is 15.4. The third-order valence-electron chi connectivity index (χ3n) is 6.89. The molecule has 3 N–H and O–H groups in total. The van der Waals surface area contributed by atoms with Crippen LogP contribution in [0.5, 0.6) is 0 Å². The molecule has 2 aromatic carbocycles. The van der Waals surface area contributed by atoms with Crippen LogP contribution in [-0.4, -0.2) is 47.1 Å². The third-order valence-corrected chi connectivity index (χ3v) is 6.89. The zero-order valence-electron chi connectivity index (χ0n) is 21.0. The van der Waals surface area contributed by atoms with Crippen LogP contribution in [0.15, 0.2) is 48.5 Å². The Balaban J connectivity index is 1.35. The zero-order valence-corrected chi connectivity index (χ0v) is 21.0. The average Bonchev–Trinajstić information content (AvgIpc) is 2.98. The van der Waals surface area contributed by atoms with Gasteiger partial charge in [-0.3, -0.25) is 0 Å². The molecule has 1 saturated carbocycles. The first kappa shape index (κ1) is 25.5. The van der Waals surface area contributed by atoms with Crippen molar-refractivity contribution in [2.24, 2.45) is 0 Å². The van der Waals surface area contributed by atoms with Crippen molar-refractivity contribution in [1.29, 1.82) is 0 Å². The Morgan fingerprint density at radius 3 is 2.14 bits per heavy atom. The molecule has 1 fully saturated rings. The fourth-order valence-electron chi connectivity index (χ4n) is 5.18. The second kappa shape index (κ2) is 10.2. The average molecular weight is 495 g/mol. The number of alkyl carbamates (subject to hydrolysis) is 2. The van der Waals surface area contributed by atoms with Gasteiger partial charge < -0.3 is 25.2 Å². The Bertz CT molecular complexity index is 1100. The maximum absolute atomic E-state index is 12.7. The Hall–Kier alpha value is -3.55. The third kappa shape index (κ3) is 5.64. The van der Waals surface area contributed by atoms with E-state index in [9.17, 15) is 19.5 Å². The van der Waals surface area contributed by atoms with E-state index >= 15 is 0 Å². The molecule has 36 heavy (non-hydrogen) atoms. The lowest BCUT2D eigenvalue weighted by Gasteiger charge is -2.31. The molecule has 0 aromatic heterocycles. The van der Waals surface area contributed by atoms with Gasteiger partial charge in [0, 0.05) is 12.0 Å². The molecule has 0 spiro atoms. The van der Waals surface area contributed by atoms with Gasteiger partial charge in [0.25, 0.3) is 0 Å². The van der Waals surface area contributed by atoms with Crippen molar-refractivity contribution in [2.45, 2.75) is 76.0 Å². The monoisotopic (exact) mass is 494 g/mol. The summed E-state index contributed by atoms with van der Waals surface area (Å²) in [4.78, 5) is 37.1. The molecule has 2 aromatic rings. The molecule has 0 heterocycles. The van der Waals surface area contributed by atoms with Gasteiger partial charge in [-0.1, -0.05) is 48.5 Å². The summed E-state index contributed by atoms with van der Waals surface area (Å²) in [5.41, 5.74) is 2.44. The van der Waals surface area contributed by atoms with Gasteiger partial charge in [-0.2, -0.15) is 0 Å². The van der Waals surface area contributed by atoms with Crippen LogP contribution in [0.2, 0.25) is 0 Å². The number of amides is 2.